The number of ether oxygens (including phenoxy) is 1. The fourth-order valence-corrected chi connectivity index (χ4v) is 4.52. The van der Waals surface area contributed by atoms with Crippen LogP contribution in [-0.2, 0) is 4.74 Å². The van der Waals surface area contributed by atoms with E-state index in [-0.39, 0.29) is 5.91 Å². The van der Waals surface area contributed by atoms with E-state index >= 15 is 0 Å². The van der Waals surface area contributed by atoms with Crippen molar-refractivity contribution in [2.75, 3.05) is 35.1 Å². The fourth-order valence-electron chi connectivity index (χ4n) is 3.32. The molecule has 0 aromatic heterocycles. The van der Waals surface area contributed by atoms with Gasteiger partial charge in [-0.15, -0.1) is 0 Å². The number of hydrogen-bond donors (Lipinski definition) is 1. The van der Waals surface area contributed by atoms with Crippen LogP contribution in [0, 0.1) is 6.92 Å². The Morgan fingerprint density at radius 1 is 1.26 bits per heavy atom. The molecule has 2 aromatic rings. The molecule has 4 nitrogen and oxygen atoms in total. The number of carbonyl (C=O) groups is 1. The van der Waals surface area contributed by atoms with Gasteiger partial charge in [0.05, 0.1) is 23.8 Å². The van der Waals surface area contributed by atoms with Crippen LogP contribution in [0.15, 0.2) is 42.5 Å². The van der Waals surface area contributed by atoms with E-state index in [1.165, 1.54) is 0 Å². The highest BCUT2D eigenvalue weighted by molar-refractivity contribution is 8.00. The second-order valence-electron chi connectivity index (χ2n) is 6.74. The topological polar surface area (TPSA) is 41.6 Å². The molecule has 6 heteroatoms. The zero-order valence-electron chi connectivity index (χ0n) is 15.1. The van der Waals surface area contributed by atoms with Crippen LogP contribution >= 0.6 is 23.5 Å². The second-order valence-corrected chi connectivity index (χ2v) is 8.25. The van der Waals surface area contributed by atoms with Gasteiger partial charge in [0.25, 0.3) is 5.91 Å². The van der Waals surface area contributed by atoms with Gasteiger partial charge >= 0.3 is 0 Å². The normalized spacial score (nSPS) is 16.5. The molecule has 2 heterocycles. The lowest BCUT2D eigenvalue weighted by atomic mass is 10.0. The smallest absolute Gasteiger partial charge is 0.257 e. The molecule has 1 fully saturated rings. The first-order chi connectivity index (χ1) is 13.1. The van der Waals surface area contributed by atoms with Crippen LogP contribution in [0.1, 0.15) is 27.9 Å². The lowest BCUT2D eigenvalue weighted by Gasteiger charge is -2.17. The molecule has 27 heavy (non-hydrogen) atoms. The Morgan fingerprint density at radius 3 is 2.89 bits per heavy atom. The number of benzene rings is 2. The Hall–Kier alpha value is -1.95. The van der Waals surface area contributed by atoms with Crippen molar-refractivity contribution < 1.29 is 9.53 Å². The van der Waals surface area contributed by atoms with Crippen LogP contribution in [0.5, 0.6) is 0 Å². The molecule has 140 valence electrons. The third-order valence-corrected chi connectivity index (χ3v) is 6.15. The van der Waals surface area contributed by atoms with E-state index in [9.17, 15) is 4.79 Å². The largest absolute Gasteiger partial charge is 0.373 e. The van der Waals surface area contributed by atoms with E-state index in [4.69, 9.17) is 16.3 Å². The third-order valence-electron chi connectivity index (χ3n) is 4.65. The minimum absolute atomic E-state index is 0.195. The molecule has 0 unspecified atom stereocenters. The van der Waals surface area contributed by atoms with Gasteiger partial charge < -0.3 is 14.4 Å². The SMILES string of the molecule is Cc1cc(NC(=O)c2cc(N3CCCS3)ccc2Cl)cc(C2=CCOC2)c1. The summed E-state index contributed by atoms with van der Waals surface area (Å²) >= 11 is 8.10. The first-order valence-electron chi connectivity index (χ1n) is 9.00. The number of carbonyl (C=O) groups excluding carboxylic acids is 1. The summed E-state index contributed by atoms with van der Waals surface area (Å²) in [7, 11) is 0. The Balaban J connectivity index is 1.58. The lowest BCUT2D eigenvalue weighted by molar-refractivity contribution is 0.102. The van der Waals surface area contributed by atoms with Gasteiger partial charge in [0, 0.05) is 23.7 Å². The Morgan fingerprint density at radius 2 is 2.15 bits per heavy atom. The van der Waals surface area contributed by atoms with Gasteiger partial charge in [-0.3, -0.25) is 4.79 Å². The van der Waals surface area contributed by atoms with Crippen molar-refractivity contribution in [1.29, 1.82) is 0 Å². The van der Waals surface area contributed by atoms with Crippen LogP contribution in [0.2, 0.25) is 5.02 Å². The van der Waals surface area contributed by atoms with Gasteiger partial charge in [0.15, 0.2) is 0 Å². The zero-order chi connectivity index (χ0) is 18.8. The van der Waals surface area contributed by atoms with Crippen LogP contribution in [0.3, 0.4) is 0 Å². The summed E-state index contributed by atoms with van der Waals surface area (Å²) in [5.41, 5.74) is 5.60. The van der Waals surface area contributed by atoms with Gasteiger partial charge in [-0.1, -0.05) is 23.7 Å². The Kier molecular flexibility index (Phi) is 5.43. The Bertz CT molecular complexity index is 907. The molecule has 0 bridgehead atoms. The van der Waals surface area contributed by atoms with Gasteiger partial charge in [-0.05, 0) is 72.3 Å². The van der Waals surface area contributed by atoms with Crippen LogP contribution in [0.4, 0.5) is 11.4 Å². The molecule has 2 aromatic carbocycles. The molecule has 0 saturated carbocycles. The highest BCUT2D eigenvalue weighted by Gasteiger charge is 2.18. The Labute approximate surface area is 168 Å². The van der Waals surface area contributed by atoms with Crippen LogP contribution < -0.4 is 9.62 Å². The average Bonchev–Trinajstić information content (AvgIpc) is 3.35. The van der Waals surface area contributed by atoms with Crippen LogP contribution in [0.25, 0.3) is 5.57 Å². The molecular formula is C21H21ClN2O2S. The number of halogens is 1. The van der Waals surface area contributed by atoms with Crippen molar-refractivity contribution in [2.45, 2.75) is 13.3 Å². The summed E-state index contributed by atoms with van der Waals surface area (Å²) < 4.78 is 7.63. The van der Waals surface area contributed by atoms with Crippen molar-refractivity contribution in [1.82, 2.24) is 0 Å². The molecule has 1 amide bonds. The summed E-state index contributed by atoms with van der Waals surface area (Å²) in [6.07, 6.45) is 3.23. The van der Waals surface area contributed by atoms with Gasteiger partial charge in [-0.2, -0.15) is 0 Å². The van der Waals surface area contributed by atoms with E-state index in [2.05, 4.69) is 21.8 Å². The number of nitrogens with zero attached hydrogens (tertiary/aromatic N) is 1. The van der Waals surface area contributed by atoms with Crippen molar-refractivity contribution in [3.8, 4) is 0 Å². The number of rotatable bonds is 4. The van der Waals surface area contributed by atoms with Crippen LogP contribution in [-0.4, -0.2) is 31.4 Å². The minimum atomic E-state index is -0.195. The quantitative estimate of drug-likeness (QED) is 0.718. The molecule has 2 aliphatic rings. The van der Waals surface area contributed by atoms with Gasteiger partial charge in [0.1, 0.15) is 0 Å². The molecule has 1 saturated heterocycles. The van der Waals surface area contributed by atoms with Crippen molar-refractivity contribution in [3.05, 3.63) is 64.2 Å². The predicted molar refractivity (Wildman–Crippen MR) is 114 cm³/mol. The number of hydrogen-bond acceptors (Lipinski definition) is 4. The van der Waals surface area contributed by atoms with Crippen molar-refractivity contribution in [2.24, 2.45) is 0 Å². The maximum Gasteiger partial charge on any atom is 0.257 e. The number of aryl methyl sites for hydroxylation is 1. The van der Waals surface area contributed by atoms with E-state index in [0.717, 1.165) is 46.8 Å². The predicted octanol–water partition coefficient (Wildman–Crippen LogP) is 5.17. The van der Waals surface area contributed by atoms with E-state index < -0.39 is 0 Å². The van der Waals surface area contributed by atoms with Crippen molar-refractivity contribution >= 4 is 46.4 Å². The summed E-state index contributed by atoms with van der Waals surface area (Å²) in [4.78, 5) is 12.9. The fraction of sp³-hybridized carbons (Fsp3) is 0.286. The average molecular weight is 401 g/mol. The minimum Gasteiger partial charge on any atom is -0.373 e. The summed E-state index contributed by atoms with van der Waals surface area (Å²) in [6, 6.07) is 11.7. The monoisotopic (exact) mass is 400 g/mol. The second kappa shape index (κ2) is 7.97. The molecule has 0 radical (unpaired) electrons. The summed E-state index contributed by atoms with van der Waals surface area (Å²) in [5, 5.41) is 3.46. The summed E-state index contributed by atoms with van der Waals surface area (Å²) in [5.74, 6) is 0.912. The molecule has 0 aliphatic carbocycles. The number of amides is 1. The number of nitrogens with one attached hydrogen (secondary N) is 1. The molecule has 0 spiro atoms. The first-order valence-corrected chi connectivity index (χ1v) is 10.3. The highest BCUT2D eigenvalue weighted by atomic mass is 35.5. The molecule has 4 rings (SSSR count). The third kappa shape index (κ3) is 4.15. The summed E-state index contributed by atoms with van der Waals surface area (Å²) in [6.45, 7) is 4.26. The first kappa shape index (κ1) is 18.4. The van der Waals surface area contributed by atoms with E-state index in [1.54, 1.807) is 18.0 Å². The van der Waals surface area contributed by atoms with E-state index in [0.29, 0.717) is 23.8 Å². The maximum atomic E-state index is 12.9. The van der Waals surface area contributed by atoms with E-state index in [1.807, 2.05) is 31.2 Å². The molecule has 0 atom stereocenters. The van der Waals surface area contributed by atoms with Crippen molar-refractivity contribution in [3.63, 3.8) is 0 Å². The zero-order valence-corrected chi connectivity index (χ0v) is 16.7. The molecular weight excluding hydrogens is 380 g/mol. The molecule has 2 aliphatic heterocycles. The van der Waals surface area contributed by atoms with Gasteiger partial charge in [0.2, 0.25) is 0 Å². The van der Waals surface area contributed by atoms with Gasteiger partial charge in [-0.25, -0.2) is 0 Å². The highest BCUT2D eigenvalue weighted by Crippen LogP contribution is 2.32. The maximum absolute atomic E-state index is 12.9. The standard InChI is InChI=1S/C21H21ClN2O2S/c1-14-9-16(15-5-7-26-13-15)11-17(10-14)23-21(25)19-12-18(3-4-20(19)22)24-6-2-8-27-24/h3-5,9-12H,2,6-8,13H2,1H3,(H,23,25). The number of anilines is 2. The molecule has 1 N–H and O–H groups in total. The lowest BCUT2D eigenvalue weighted by Crippen LogP contribution is -2.15.